The average Bonchev–Trinajstić information content (AvgIpc) is 3.47. The van der Waals surface area contributed by atoms with Crippen LogP contribution in [0, 0.1) is 0 Å². The van der Waals surface area contributed by atoms with E-state index in [2.05, 4.69) is 20.4 Å². The number of nitrogens with one attached hydrogen (secondary N) is 2. The van der Waals surface area contributed by atoms with Crippen LogP contribution in [-0.4, -0.2) is 30.2 Å². The molecule has 5 rings (SSSR count). The molecule has 2 aromatic carbocycles. The lowest BCUT2D eigenvalue weighted by Gasteiger charge is -2.18. The Bertz CT molecular complexity index is 1510. The smallest absolute Gasteiger partial charge is 0.327 e. The zero-order chi connectivity index (χ0) is 22.9. The van der Waals surface area contributed by atoms with Crippen LogP contribution in [0.4, 0.5) is 0 Å². The molecule has 0 saturated carbocycles. The van der Waals surface area contributed by atoms with Crippen LogP contribution >= 0.6 is 0 Å². The van der Waals surface area contributed by atoms with Crippen LogP contribution in [0.15, 0.2) is 84.0 Å². The molecule has 1 amide bonds. The number of aryl methyl sites for hydroxylation is 1. The first-order chi connectivity index (χ1) is 16.0. The number of carbonyl (C=O) groups excluding carboxylic acids is 1. The molecule has 0 radical (unpaired) electrons. The molecule has 33 heavy (non-hydrogen) atoms. The second kappa shape index (κ2) is 8.23. The second-order valence-electron chi connectivity index (χ2n) is 7.87. The minimum Gasteiger partial charge on any atom is -0.345 e. The standard InChI is InChI=1S/C25H22N6O2/c1-16(20-9-3-4-10-21(20)31-12-6-11-27-31)28-24(32)18-8-5-7-17(13-18)19-14-22-23(26-15-19)29-25(33)30(22)2/h3-16H,1-2H3,(H,28,32)(H,26,29,33). The van der Waals surface area contributed by atoms with Crippen LogP contribution in [0.25, 0.3) is 28.0 Å². The third-order valence-electron chi connectivity index (χ3n) is 5.72. The van der Waals surface area contributed by atoms with Gasteiger partial charge in [0.2, 0.25) is 0 Å². The van der Waals surface area contributed by atoms with E-state index in [4.69, 9.17) is 0 Å². The molecule has 0 aliphatic heterocycles. The van der Waals surface area contributed by atoms with Gasteiger partial charge in [-0.2, -0.15) is 5.10 Å². The largest absolute Gasteiger partial charge is 0.345 e. The molecule has 2 N–H and O–H groups in total. The first-order valence-corrected chi connectivity index (χ1v) is 10.6. The van der Waals surface area contributed by atoms with Gasteiger partial charge in [0, 0.05) is 36.8 Å². The quantitative estimate of drug-likeness (QED) is 0.438. The Morgan fingerprint density at radius 1 is 1.06 bits per heavy atom. The normalized spacial score (nSPS) is 12.1. The highest BCUT2D eigenvalue weighted by Gasteiger charge is 2.16. The summed E-state index contributed by atoms with van der Waals surface area (Å²) in [6, 6.07) is 18.7. The molecule has 0 spiro atoms. The minimum absolute atomic E-state index is 0.178. The fourth-order valence-corrected chi connectivity index (χ4v) is 3.93. The van der Waals surface area contributed by atoms with E-state index in [9.17, 15) is 9.59 Å². The Morgan fingerprint density at radius 3 is 2.73 bits per heavy atom. The lowest BCUT2D eigenvalue weighted by Crippen LogP contribution is -2.27. The summed E-state index contributed by atoms with van der Waals surface area (Å²) < 4.78 is 3.30. The number of hydrogen-bond donors (Lipinski definition) is 2. The first kappa shape index (κ1) is 20.4. The highest BCUT2D eigenvalue weighted by atomic mass is 16.2. The molecule has 0 aliphatic rings. The zero-order valence-electron chi connectivity index (χ0n) is 18.2. The van der Waals surface area contributed by atoms with Crippen LogP contribution in [0.1, 0.15) is 28.9 Å². The lowest BCUT2D eigenvalue weighted by molar-refractivity contribution is 0.0940. The maximum atomic E-state index is 13.1. The van der Waals surface area contributed by atoms with Gasteiger partial charge in [-0.25, -0.2) is 14.5 Å². The number of imidazole rings is 1. The predicted molar refractivity (Wildman–Crippen MR) is 126 cm³/mol. The van der Waals surface area contributed by atoms with Gasteiger partial charge in [-0.05, 0) is 48.4 Å². The van der Waals surface area contributed by atoms with E-state index >= 15 is 0 Å². The van der Waals surface area contributed by atoms with E-state index in [1.807, 2.05) is 67.7 Å². The van der Waals surface area contributed by atoms with Gasteiger partial charge in [-0.15, -0.1) is 0 Å². The van der Waals surface area contributed by atoms with Gasteiger partial charge in [0.1, 0.15) is 0 Å². The first-order valence-electron chi connectivity index (χ1n) is 10.6. The Kier molecular flexibility index (Phi) is 5.10. The summed E-state index contributed by atoms with van der Waals surface area (Å²) in [5.41, 5.74) is 5.11. The number of aromatic amines is 1. The second-order valence-corrected chi connectivity index (χ2v) is 7.87. The van der Waals surface area contributed by atoms with E-state index < -0.39 is 0 Å². The third kappa shape index (κ3) is 3.82. The molecule has 8 nitrogen and oxygen atoms in total. The number of aromatic nitrogens is 5. The van der Waals surface area contributed by atoms with Crippen molar-refractivity contribution in [3.05, 3.63) is 101 Å². The summed E-state index contributed by atoms with van der Waals surface area (Å²) in [7, 11) is 1.69. The summed E-state index contributed by atoms with van der Waals surface area (Å²) in [4.78, 5) is 32.0. The van der Waals surface area contributed by atoms with Crippen molar-refractivity contribution >= 4 is 17.1 Å². The number of hydrogen-bond acceptors (Lipinski definition) is 4. The highest BCUT2D eigenvalue weighted by Crippen LogP contribution is 2.24. The molecular weight excluding hydrogens is 416 g/mol. The monoisotopic (exact) mass is 438 g/mol. The molecule has 3 heterocycles. The van der Waals surface area contributed by atoms with Gasteiger partial charge in [-0.1, -0.05) is 30.3 Å². The van der Waals surface area contributed by atoms with Gasteiger partial charge >= 0.3 is 5.69 Å². The van der Waals surface area contributed by atoms with E-state index in [0.29, 0.717) is 16.7 Å². The van der Waals surface area contributed by atoms with Crippen molar-refractivity contribution in [2.24, 2.45) is 7.05 Å². The van der Waals surface area contributed by atoms with Gasteiger partial charge in [-0.3, -0.25) is 14.3 Å². The van der Waals surface area contributed by atoms with Crippen LogP contribution < -0.4 is 11.0 Å². The van der Waals surface area contributed by atoms with Crippen molar-refractivity contribution in [2.45, 2.75) is 13.0 Å². The van der Waals surface area contributed by atoms with Crippen molar-refractivity contribution < 1.29 is 4.79 Å². The summed E-state index contributed by atoms with van der Waals surface area (Å²) in [6.07, 6.45) is 5.29. The topological polar surface area (TPSA) is 97.6 Å². The van der Waals surface area contributed by atoms with Crippen molar-refractivity contribution in [1.82, 2.24) is 29.6 Å². The number of para-hydroxylation sites is 1. The van der Waals surface area contributed by atoms with Gasteiger partial charge in [0.15, 0.2) is 5.65 Å². The van der Waals surface area contributed by atoms with Crippen LogP contribution in [0.2, 0.25) is 0 Å². The summed E-state index contributed by atoms with van der Waals surface area (Å²) >= 11 is 0. The number of pyridine rings is 1. The molecule has 3 aromatic heterocycles. The third-order valence-corrected chi connectivity index (χ3v) is 5.72. The molecule has 0 aliphatic carbocycles. The van der Waals surface area contributed by atoms with Crippen LogP contribution in [0.5, 0.6) is 0 Å². The molecule has 8 heteroatoms. The molecule has 164 valence electrons. The maximum Gasteiger partial charge on any atom is 0.327 e. The minimum atomic E-state index is -0.228. The van der Waals surface area contributed by atoms with Crippen LogP contribution in [-0.2, 0) is 7.05 Å². The number of fused-ring (bicyclic) bond motifs is 1. The van der Waals surface area contributed by atoms with Gasteiger partial charge < -0.3 is 5.32 Å². The molecule has 1 unspecified atom stereocenters. The summed E-state index contributed by atoms with van der Waals surface area (Å²) in [5, 5.41) is 7.41. The highest BCUT2D eigenvalue weighted by molar-refractivity contribution is 5.96. The fourth-order valence-electron chi connectivity index (χ4n) is 3.93. The Labute approximate surface area is 189 Å². The van der Waals surface area contributed by atoms with Crippen molar-refractivity contribution in [1.29, 1.82) is 0 Å². The molecular formula is C25H22N6O2. The number of carbonyl (C=O) groups is 1. The van der Waals surface area contributed by atoms with Crippen molar-refractivity contribution in [2.75, 3.05) is 0 Å². The lowest BCUT2D eigenvalue weighted by atomic mass is 10.0. The van der Waals surface area contributed by atoms with Crippen LogP contribution in [0.3, 0.4) is 0 Å². The van der Waals surface area contributed by atoms with Crippen molar-refractivity contribution in [3.8, 4) is 16.8 Å². The molecule has 0 saturated heterocycles. The van der Waals surface area contributed by atoms with E-state index in [0.717, 1.165) is 22.4 Å². The Morgan fingerprint density at radius 2 is 1.91 bits per heavy atom. The number of H-pyrrole nitrogens is 1. The Balaban J connectivity index is 1.41. The SMILES string of the molecule is CC(NC(=O)c1cccc(-c2cnc3[nH]c(=O)n(C)c3c2)c1)c1ccccc1-n1cccn1. The van der Waals surface area contributed by atoms with Gasteiger partial charge in [0.25, 0.3) is 5.91 Å². The molecule has 1 atom stereocenters. The fraction of sp³-hybridized carbons (Fsp3) is 0.120. The van der Waals surface area contributed by atoms with E-state index in [1.54, 1.807) is 30.2 Å². The molecule has 0 fully saturated rings. The number of amides is 1. The molecule has 5 aromatic rings. The zero-order valence-corrected chi connectivity index (χ0v) is 18.2. The van der Waals surface area contributed by atoms with E-state index in [-0.39, 0.29) is 17.6 Å². The number of nitrogens with zero attached hydrogens (tertiary/aromatic N) is 4. The van der Waals surface area contributed by atoms with Gasteiger partial charge in [0.05, 0.1) is 17.2 Å². The molecule has 0 bridgehead atoms. The predicted octanol–water partition coefficient (Wildman–Crippen LogP) is 3.61. The Hall–Kier alpha value is -4.46. The number of rotatable bonds is 5. The van der Waals surface area contributed by atoms with Crippen molar-refractivity contribution in [3.63, 3.8) is 0 Å². The summed E-state index contributed by atoms with van der Waals surface area (Å²) in [5.74, 6) is -0.178. The summed E-state index contributed by atoms with van der Waals surface area (Å²) in [6.45, 7) is 1.95. The maximum absolute atomic E-state index is 13.1. The average molecular weight is 438 g/mol. The van der Waals surface area contributed by atoms with E-state index in [1.165, 1.54) is 4.57 Å². The number of benzene rings is 2.